The largest absolute Gasteiger partial charge is 0.357 e. The Balaban J connectivity index is 3.02. The number of hydrogen-bond donors (Lipinski definition) is 2. The highest BCUT2D eigenvalue weighted by molar-refractivity contribution is 14.1. The standard InChI is InChI=1S/C5H8IN5/c1-3-8-4(7-2)10-5(9-3)11-6/h1-2H3,(H2,7,8,9,10,11). The van der Waals surface area contributed by atoms with Crippen LogP contribution in [0.25, 0.3) is 0 Å². The van der Waals surface area contributed by atoms with E-state index in [1.807, 2.05) is 29.8 Å². The predicted octanol–water partition coefficient (Wildman–Crippen LogP) is 0.984. The second-order valence-corrected chi connectivity index (χ2v) is 2.41. The molecule has 0 amide bonds. The van der Waals surface area contributed by atoms with Gasteiger partial charge in [-0.25, -0.2) is 0 Å². The molecule has 0 aliphatic carbocycles. The van der Waals surface area contributed by atoms with Crippen molar-refractivity contribution < 1.29 is 0 Å². The van der Waals surface area contributed by atoms with Crippen molar-refractivity contribution in [3.8, 4) is 0 Å². The highest BCUT2D eigenvalue weighted by atomic mass is 127. The van der Waals surface area contributed by atoms with Crippen LogP contribution < -0.4 is 8.85 Å². The number of aromatic nitrogens is 3. The van der Waals surface area contributed by atoms with E-state index in [2.05, 4.69) is 23.8 Å². The van der Waals surface area contributed by atoms with Gasteiger partial charge in [-0.1, -0.05) is 0 Å². The van der Waals surface area contributed by atoms with Crippen LogP contribution in [0.5, 0.6) is 0 Å². The van der Waals surface area contributed by atoms with Gasteiger partial charge in [0.1, 0.15) is 5.82 Å². The van der Waals surface area contributed by atoms with Gasteiger partial charge in [0.05, 0.1) is 22.9 Å². The van der Waals surface area contributed by atoms with E-state index in [0.717, 1.165) is 0 Å². The fourth-order valence-corrected chi connectivity index (χ4v) is 0.877. The van der Waals surface area contributed by atoms with Gasteiger partial charge in [0.2, 0.25) is 11.9 Å². The van der Waals surface area contributed by atoms with E-state index < -0.39 is 0 Å². The Morgan fingerprint density at radius 2 is 1.82 bits per heavy atom. The minimum atomic E-state index is 0.572. The van der Waals surface area contributed by atoms with Crippen molar-refractivity contribution in [2.75, 3.05) is 15.9 Å². The fraction of sp³-hybridized carbons (Fsp3) is 0.400. The number of aryl methyl sites for hydroxylation is 1. The molecule has 0 spiro atoms. The minimum absolute atomic E-state index is 0.572. The van der Waals surface area contributed by atoms with Gasteiger partial charge in [-0.2, -0.15) is 15.0 Å². The van der Waals surface area contributed by atoms with Crippen molar-refractivity contribution in [1.29, 1.82) is 0 Å². The summed E-state index contributed by atoms with van der Waals surface area (Å²) >= 11 is 1.97. The van der Waals surface area contributed by atoms with Crippen LogP contribution >= 0.6 is 22.9 Å². The zero-order valence-corrected chi connectivity index (χ0v) is 8.38. The summed E-state index contributed by atoms with van der Waals surface area (Å²) in [5.74, 6) is 1.85. The molecule has 2 N–H and O–H groups in total. The van der Waals surface area contributed by atoms with Crippen LogP contribution in [0.4, 0.5) is 11.9 Å². The second kappa shape index (κ2) is 3.65. The number of halogens is 1. The summed E-state index contributed by atoms with van der Waals surface area (Å²) in [6.07, 6.45) is 0. The summed E-state index contributed by atoms with van der Waals surface area (Å²) in [7, 11) is 1.77. The molecule has 5 nitrogen and oxygen atoms in total. The summed E-state index contributed by atoms with van der Waals surface area (Å²) in [5, 5.41) is 2.84. The molecule has 1 heterocycles. The molecule has 0 fully saturated rings. The summed E-state index contributed by atoms with van der Waals surface area (Å²) < 4.78 is 2.81. The van der Waals surface area contributed by atoms with E-state index in [0.29, 0.717) is 17.7 Å². The third-order valence-corrected chi connectivity index (χ3v) is 1.54. The van der Waals surface area contributed by atoms with Gasteiger partial charge in [0.15, 0.2) is 0 Å². The molecule has 0 bridgehead atoms. The first-order valence-electron chi connectivity index (χ1n) is 3.03. The Morgan fingerprint density at radius 1 is 1.18 bits per heavy atom. The zero-order valence-electron chi connectivity index (χ0n) is 6.22. The maximum absolute atomic E-state index is 4.02. The second-order valence-electron chi connectivity index (χ2n) is 1.87. The Hall–Kier alpha value is -0.660. The van der Waals surface area contributed by atoms with Crippen molar-refractivity contribution in [1.82, 2.24) is 15.0 Å². The summed E-state index contributed by atoms with van der Waals surface area (Å²) in [6.45, 7) is 1.82. The number of anilines is 2. The van der Waals surface area contributed by atoms with Crippen LogP contribution in [-0.2, 0) is 0 Å². The lowest BCUT2D eigenvalue weighted by atomic mass is 10.7. The summed E-state index contributed by atoms with van der Waals surface area (Å²) in [6, 6.07) is 0. The third kappa shape index (κ3) is 2.14. The Kier molecular flexibility index (Phi) is 2.80. The maximum Gasteiger partial charge on any atom is 0.236 e. The molecule has 0 aromatic carbocycles. The first-order chi connectivity index (χ1) is 5.26. The normalized spacial score (nSPS) is 9.36. The van der Waals surface area contributed by atoms with E-state index in [1.54, 1.807) is 7.05 Å². The van der Waals surface area contributed by atoms with E-state index in [9.17, 15) is 0 Å². The zero-order chi connectivity index (χ0) is 8.27. The molecule has 1 rings (SSSR count). The molecule has 0 aliphatic heterocycles. The van der Waals surface area contributed by atoms with Gasteiger partial charge >= 0.3 is 0 Å². The molecule has 0 aliphatic rings. The highest BCUT2D eigenvalue weighted by Gasteiger charge is 1.98. The molecule has 60 valence electrons. The average Bonchev–Trinajstić information content (AvgIpc) is 2.03. The van der Waals surface area contributed by atoms with E-state index in [1.165, 1.54) is 0 Å². The fourth-order valence-electron chi connectivity index (χ4n) is 0.636. The molecule has 1 aromatic rings. The molecular formula is C5H8IN5. The molecule has 0 saturated heterocycles. The molecule has 0 unspecified atom stereocenters. The van der Waals surface area contributed by atoms with Crippen molar-refractivity contribution in [3.05, 3.63) is 5.82 Å². The average molecular weight is 265 g/mol. The van der Waals surface area contributed by atoms with Gasteiger partial charge in [-0.15, -0.1) is 0 Å². The van der Waals surface area contributed by atoms with Gasteiger partial charge in [0, 0.05) is 7.05 Å². The number of rotatable bonds is 2. The quantitative estimate of drug-likeness (QED) is 0.616. The van der Waals surface area contributed by atoms with Crippen LogP contribution in [0, 0.1) is 6.92 Å². The lowest BCUT2D eigenvalue weighted by Gasteiger charge is -2.01. The monoisotopic (exact) mass is 265 g/mol. The highest BCUT2D eigenvalue weighted by Crippen LogP contribution is 2.04. The van der Waals surface area contributed by atoms with Crippen LogP contribution in [0.15, 0.2) is 0 Å². The van der Waals surface area contributed by atoms with Gasteiger partial charge in [-0.05, 0) is 6.92 Å². The third-order valence-electron chi connectivity index (χ3n) is 1.06. The van der Waals surface area contributed by atoms with Crippen molar-refractivity contribution in [3.63, 3.8) is 0 Å². The number of nitrogens with zero attached hydrogens (tertiary/aromatic N) is 3. The van der Waals surface area contributed by atoms with Gasteiger partial charge in [-0.3, -0.25) is 3.53 Å². The molecule has 0 saturated carbocycles. The minimum Gasteiger partial charge on any atom is -0.357 e. The van der Waals surface area contributed by atoms with Crippen molar-refractivity contribution >= 4 is 34.8 Å². The van der Waals surface area contributed by atoms with E-state index >= 15 is 0 Å². The van der Waals surface area contributed by atoms with Crippen LogP contribution in [0.3, 0.4) is 0 Å². The molecule has 11 heavy (non-hydrogen) atoms. The lowest BCUT2D eigenvalue weighted by molar-refractivity contribution is 0.992. The molecule has 0 atom stereocenters. The summed E-state index contributed by atoms with van der Waals surface area (Å²) in [4.78, 5) is 12.1. The first-order valence-corrected chi connectivity index (χ1v) is 4.11. The van der Waals surface area contributed by atoms with E-state index in [4.69, 9.17) is 0 Å². The lowest BCUT2D eigenvalue weighted by Crippen LogP contribution is -2.02. The molecule has 1 aromatic heterocycles. The van der Waals surface area contributed by atoms with Crippen LogP contribution in [0.1, 0.15) is 5.82 Å². The molecular weight excluding hydrogens is 257 g/mol. The Labute approximate surface area is 78.5 Å². The van der Waals surface area contributed by atoms with Crippen molar-refractivity contribution in [2.45, 2.75) is 6.92 Å². The maximum atomic E-state index is 4.02. The van der Waals surface area contributed by atoms with Crippen molar-refractivity contribution in [2.24, 2.45) is 0 Å². The Bertz CT molecular complexity index is 228. The molecule has 0 radical (unpaired) electrons. The van der Waals surface area contributed by atoms with Crippen LogP contribution in [-0.4, -0.2) is 22.0 Å². The van der Waals surface area contributed by atoms with Gasteiger partial charge < -0.3 is 5.32 Å². The predicted molar refractivity (Wildman–Crippen MR) is 51.8 cm³/mol. The molecule has 6 heteroatoms. The SMILES string of the molecule is CNc1nc(C)nc(NI)n1. The number of hydrogen-bond acceptors (Lipinski definition) is 5. The number of nitrogens with one attached hydrogen (secondary N) is 2. The van der Waals surface area contributed by atoms with E-state index in [-0.39, 0.29) is 0 Å². The first kappa shape index (κ1) is 8.44. The summed E-state index contributed by atoms with van der Waals surface area (Å²) in [5.41, 5.74) is 0. The van der Waals surface area contributed by atoms with Crippen LogP contribution in [0.2, 0.25) is 0 Å². The van der Waals surface area contributed by atoms with Gasteiger partial charge in [0.25, 0.3) is 0 Å². The Morgan fingerprint density at radius 3 is 2.36 bits per heavy atom. The smallest absolute Gasteiger partial charge is 0.236 e. The topological polar surface area (TPSA) is 62.7 Å².